The number of benzene rings is 2. The van der Waals surface area contributed by atoms with Crippen LogP contribution in [-0.2, 0) is 22.7 Å². The van der Waals surface area contributed by atoms with E-state index in [0.29, 0.717) is 17.2 Å². The molecule has 9 nitrogen and oxygen atoms in total. The van der Waals surface area contributed by atoms with Gasteiger partial charge in [0.1, 0.15) is 0 Å². The van der Waals surface area contributed by atoms with Crippen molar-refractivity contribution in [1.82, 2.24) is 9.80 Å². The molecule has 1 heterocycles. The van der Waals surface area contributed by atoms with Gasteiger partial charge in [-0.25, -0.2) is 9.59 Å². The zero-order chi connectivity index (χ0) is 24.4. The first-order valence-electron chi connectivity index (χ1n) is 10.2. The van der Waals surface area contributed by atoms with E-state index in [-0.39, 0.29) is 0 Å². The Morgan fingerprint density at radius 2 is 1.30 bits per heavy atom. The SMILES string of the molecule is COc1cc(CN2CCN(Cc3cccc(Cl)c3)CC2)cc(OC)c1OC.O=C(O)C(=O)O. The third kappa shape index (κ3) is 8.12. The summed E-state index contributed by atoms with van der Waals surface area (Å²) >= 11 is 6.09. The molecule has 1 aliphatic heterocycles. The highest BCUT2D eigenvalue weighted by atomic mass is 35.5. The Labute approximate surface area is 198 Å². The van der Waals surface area contributed by atoms with E-state index in [2.05, 4.69) is 15.9 Å². The summed E-state index contributed by atoms with van der Waals surface area (Å²) in [5, 5.41) is 15.6. The van der Waals surface area contributed by atoms with Crippen molar-refractivity contribution in [3.05, 3.63) is 52.5 Å². The molecule has 1 fully saturated rings. The molecule has 0 amide bonds. The van der Waals surface area contributed by atoms with Gasteiger partial charge in [0.05, 0.1) is 21.3 Å². The molecule has 0 aliphatic carbocycles. The van der Waals surface area contributed by atoms with E-state index in [4.69, 9.17) is 45.6 Å². The Bertz CT molecular complexity index is 909. The fourth-order valence-corrected chi connectivity index (χ4v) is 3.70. The molecule has 0 radical (unpaired) electrons. The van der Waals surface area contributed by atoms with E-state index in [9.17, 15) is 0 Å². The van der Waals surface area contributed by atoms with Gasteiger partial charge in [-0.15, -0.1) is 0 Å². The standard InChI is InChI=1S/C21H27ClN2O3.C2H2O4/c1-25-19-12-17(13-20(26-2)21(19)27-3)15-24-9-7-23(8-10-24)14-16-5-4-6-18(22)11-16;3-1(4)2(5)6/h4-6,11-13H,7-10,14-15H2,1-3H3;(H,3,4)(H,5,6). The molecule has 0 unspecified atom stereocenters. The van der Waals surface area contributed by atoms with Crippen molar-refractivity contribution >= 4 is 23.5 Å². The van der Waals surface area contributed by atoms with Crippen molar-refractivity contribution in [3.8, 4) is 17.2 Å². The van der Waals surface area contributed by atoms with Crippen molar-refractivity contribution in [2.45, 2.75) is 13.1 Å². The molecule has 0 atom stereocenters. The number of carbonyl (C=O) groups is 2. The third-order valence-electron chi connectivity index (χ3n) is 5.07. The van der Waals surface area contributed by atoms with E-state index >= 15 is 0 Å². The highest BCUT2D eigenvalue weighted by Crippen LogP contribution is 2.38. The van der Waals surface area contributed by atoms with Crippen LogP contribution in [0, 0.1) is 0 Å². The van der Waals surface area contributed by atoms with Crippen LogP contribution in [-0.4, -0.2) is 79.5 Å². The average Bonchev–Trinajstić information content (AvgIpc) is 2.80. The molecule has 0 spiro atoms. The van der Waals surface area contributed by atoms with Gasteiger partial charge in [-0.2, -0.15) is 0 Å². The fraction of sp³-hybridized carbons (Fsp3) is 0.391. The smallest absolute Gasteiger partial charge is 0.414 e. The lowest BCUT2D eigenvalue weighted by molar-refractivity contribution is -0.159. The minimum Gasteiger partial charge on any atom is -0.493 e. The van der Waals surface area contributed by atoms with Crippen molar-refractivity contribution in [1.29, 1.82) is 0 Å². The van der Waals surface area contributed by atoms with Crippen molar-refractivity contribution in [2.75, 3.05) is 47.5 Å². The average molecular weight is 481 g/mol. The molecule has 2 aromatic rings. The molecule has 0 saturated carbocycles. The lowest BCUT2D eigenvalue weighted by atomic mass is 10.1. The predicted molar refractivity (Wildman–Crippen MR) is 123 cm³/mol. The van der Waals surface area contributed by atoms with Crippen LogP contribution < -0.4 is 14.2 Å². The Balaban J connectivity index is 0.000000569. The second kappa shape index (κ2) is 12.9. The van der Waals surface area contributed by atoms with E-state index in [1.165, 1.54) is 5.56 Å². The summed E-state index contributed by atoms with van der Waals surface area (Å²) in [6.07, 6.45) is 0. The van der Waals surface area contributed by atoms with Gasteiger partial charge in [0, 0.05) is 44.3 Å². The number of carboxylic acid groups (broad SMARTS) is 2. The number of piperazine rings is 1. The highest BCUT2D eigenvalue weighted by Gasteiger charge is 2.19. The number of methoxy groups -OCH3 is 3. The maximum atomic E-state index is 9.10. The number of halogens is 1. The first-order valence-corrected chi connectivity index (χ1v) is 10.6. The topological polar surface area (TPSA) is 109 Å². The van der Waals surface area contributed by atoms with Crippen LogP contribution in [0.1, 0.15) is 11.1 Å². The van der Waals surface area contributed by atoms with Gasteiger partial charge >= 0.3 is 11.9 Å². The molecule has 0 bridgehead atoms. The van der Waals surface area contributed by atoms with Gasteiger partial charge in [0.25, 0.3) is 0 Å². The fourth-order valence-electron chi connectivity index (χ4n) is 3.48. The zero-order valence-electron chi connectivity index (χ0n) is 18.9. The number of hydrogen-bond acceptors (Lipinski definition) is 7. The van der Waals surface area contributed by atoms with Crippen molar-refractivity contribution < 1.29 is 34.0 Å². The maximum Gasteiger partial charge on any atom is 0.414 e. The normalized spacial score (nSPS) is 14.1. The maximum absolute atomic E-state index is 9.10. The summed E-state index contributed by atoms with van der Waals surface area (Å²) in [4.78, 5) is 23.1. The minimum absolute atomic E-state index is 0.634. The number of carboxylic acids is 2. The number of hydrogen-bond donors (Lipinski definition) is 2. The Hall–Kier alpha value is -3.01. The number of nitrogens with zero attached hydrogens (tertiary/aromatic N) is 2. The lowest BCUT2D eigenvalue weighted by Gasteiger charge is -2.35. The van der Waals surface area contributed by atoms with Gasteiger partial charge in [-0.1, -0.05) is 23.7 Å². The second-order valence-electron chi connectivity index (χ2n) is 7.33. The molecule has 0 aromatic heterocycles. The predicted octanol–water partition coefficient (Wildman–Crippen LogP) is 2.84. The Morgan fingerprint density at radius 3 is 1.70 bits per heavy atom. The van der Waals surface area contributed by atoms with Gasteiger partial charge in [-0.3, -0.25) is 9.80 Å². The molecular formula is C23H29ClN2O7. The molecule has 2 aromatic carbocycles. The van der Waals surface area contributed by atoms with Crippen LogP contribution in [0.15, 0.2) is 36.4 Å². The summed E-state index contributed by atoms with van der Waals surface area (Å²) in [6.45, 7) is 5.93. The zero-order valence-corrected chi connectivity index (χ0v) is 19.7. The van der Waals surface area contributed by atoms with E-state index in [1.54, 1.807) is 21.3 Å². The van der Waals surface area contributed by atoms with Gasteiger partial charge < -0.3 is 24.4 Å². The van der Waals surface area contributed by atoms with E-state index in [1.807, 2.05) is 30.3 Å². The number of rotatable bonds is 7. The van der Waals surface area contributed by atoms with Crippen LogP contribution in [0.25, 0.3) is 0 Å². The number of ether oxygens (including phenoxy) is 3. The summed E-state index contributed by atoms with van der Waals surface area (Å²) in [7, 11) is 4.92. The molecule has 1 aliphatic rings. The van der Waals surface area contributed by atoms with E-state index < -0.39 is 11.9 Å². The van der Waals surface area contributed by atoms with Gasteiger partial charge in [0.2, 0.25) is 5.75 Å². The largest absolute Gasteiger partial charge is 0.493 e. The first kappa shape index (κ1) is 26.2. The molecule has 1 saturated heterocycles. The monoisotopic (exact) mass is 480 g/mol. The molecular weight excluding hydrogens is 452 g/mol. The first-order chi connectivity index (χ1) is 15.8. The van der Waals surface area contributed by atoms with E-state index in [0.717, 1.165) is 49.9 Å². The highest BCUT2D eigenvalue weighted by molar-refractivity contribution is 6.30. The van der Waals surface area contributed by atoms with Crippen LogP contribution >= 0.6 is 11.6 Å². The van der Waals surface area contributed by atoms with Crippen LogP contribution in [0.3, 0.4) is 0 Å². The van der Waals surface area contributed by atoms with Crippen LogP contribution in [0.2, 0.25) is 5.02 Å². The summed E-state index contributed by atoms with van der Waals surface area (Å²) in [5.74, 6) is -1.61. The second-order valence-corrected chi connectivity index (χ2v) is 7.76. The summed E-state index contributed by atoms with van der Waals surface area (Å²) in [5.41, 5.74) is 2.42. The molecule has 2 N–H and O–H groups in total. The van der Waals surface area contributed by atoms with Crippen LogP contribution in [0.4, 0.5) is 0 Å². The minimum atomic E-state index is -1.82. The number of aliphatic carboxylic acids is 2. The third-order valence-corrected chi connectivity index (χ3v) is 5.31. The lowest BCUT2D eigenvalue weighted by Crippen LogP contribution is -2.45. The molecule has 180 valence electrons. The molecule has 33 heavy (non-hydrogen) atoms. The Morgan fingerprint density at radius 1 is 0.818 bits per heavy atom. The van der Waals surface area contributed by atoms with Gasteiger partial charge in [0.15, 0.2) is 11.5 Å². The van der Waals surface area contributed by atoms with Crippen molar-refractivity contribution in [2.24, 2.45) is 0 Å². The summed E-state index contributed by atoms with van der Waals surface area (Å²) in [6, 6.07) is 12.2. The molecule has 10 heteroatoms. The molecule has 3 rings (SSSR count). The van der Waals surface area contributed by atoms with Crippen molar-refractivity contribution in [3.63, 3.8) is 0 Å². The van der Waals surface area contributed by atoms with Gasteiger partial charge in [-0.05, 0) is 35.4 Å². The summed E-state index contributed by atoms with van der Waals surface area (Å²) < 4.78 is 16.3. The Kier molecular flexibility index (Phi) is 10.2. The quantitative estimate of drug-likeness (QED) is 0.578. The van der Waals surface area contributed by atoms with Crippen LogP contribution in [0.5, 0.6) is 17.2 Å².